The van der Waals surface area contributed by atoms with Gasteiger partial charge in [0.2, 0.25) is 5.95 Å². The van der Waals surface area contributed by atoms with Crippen LogP contribution in [0.15, 0.2) is 54.9 Å². The monoisotopic (exact) mass is 377 g/mol. The quantitative estimate of drug-likeness (QED) is 0.545. The molecule has 28 heavy (non-hydrogen) atoms. The van der Waals surface area contributed by atoms with Crippen LogP contribution in [0.5, 0.6) is 0 Å². The second kappa shape index (κ2) is 7.07. The summed E-state index contributed by atoms with van der Waals surface area (Å²) in [5, 5.41) is 2.85. The lowest BCUT2D eigenvalue weighted by atomic mass is 10.2. The van der Waals surface area contributed by atoms with E-state index < -0.39 is 11.8 Å². The van der Waals surface area contributed by atoms with Crippen LogP contribution >= 0.6 is 0 Å². The van der Waals surface area contributed by atoms with E-state index in [4.69, 9.17) is 0 Å². The highest BCUT2D eigenvalue weighted by Crippen LogP contribution is 2.25. The van der Waals surface area contributed by atoms with Crippen LogP contribution < -0.4 is 5.32 Å². The van der Waals surface area contributed by atoms with Crippen LogP contribution in [-0.4, -0.2) is 32.4 Å². The predicted octanol–water partition coefficient (Wildman–Crippen LogP) is 3.77. The molecule has 0 aliphatic rings. The molecule has 0 spiro atoms. The fraction of sp³-hybridized carbons (Fsp3) is 0.100. The van der Waals surface area contributed by atoms with Crippen molar-refractivity contribution in [1.82, 2.24) is 19.4 Å². The first kappa shape index (κ1) is 17.6. The highest BCUT2D eigenvalue weighted by molar-refractivity contribution is 5.89. The molecule has 0 atom stereocenters. The van der Waals surface area contributed by atoms with Gasteiger partial charge in [0.1, 0.15) is 11.5 Å². The molecular weight excluding hydrogens is 361 g/mol. The van der Waals surface area contributed by atoms with Gasteiger partial charge in [0.05, 0.1) is 35.4 Å². The fourth-order valence-corrected chi connectivity index (χ4v) is 2.95. The lowest BCUT2D eigenvalue weighted by Gasteiger charge is -2.09. The molecule has 0 fully saturated rings. The zero-order valence-corrected chi connectivity index (χ0v) is 15.2. The second-order valence-electron chi connectivity index (χ2n) is 6.05. The summed E-state index contributed by atoms with van der Waals surface area (Å²) in [7, 11) is 1.24. The molecule has 7 nitrogen and oxygen atoms in total. The number of ether oxygens (including phenoxy) is 1. The van der Waals surface area contributed by atoms with Gasteiger partial charge in [-0.1, -0.05) is 6.07 Å². The Morgan fingerprint density at radius 1 is 1.18 bits per heavy atom. The minimum atomic E-state index is -0.608. The van der Waals surface area contributed by atoms with E-state index in [9.17, 15) is 9.18 Å². The van der Waals surface area contributed by atoms with Crippen molar-refractivity contribution in [2.24, 2.45) is 0 Å². The number of nitrogens with one attached hydrogen (secondary N) is 1. The molecule has 140 valence electrons. The number of halogens is 1. The van der Waals surface area contributed by atoms with Crippen LogP contribution in [0.2, 0.25) is 0 Å². The highest BCUT2D eigenvalue weighted by Gasteiger charge is 2.14. The molecule has 0 saturated heterocycles. The highest BCUT2D eigenvalue weighted by atomic mass is 19.1. The lowest BCUT2D eigenvalue weighted by Crippen LogP contribution is -2.04. The van der Waals surface area contributed by atoms with Crippen molar-refractivity contribution in [3.8, 4) is 11.4 Å². The van der Waals surface area contributed by atoms with Crippen LogP contribution in [0.4, 0.5) is 16.0 Å². The number of rotatable bonds is 4. The molecule has 0 aliphatic heterocycles. The number of benzene rings is 1. The Labute approximate surface area is 159 Å². The number of pyridine rings is 1. The summed E-state index contributed by atoms with van der Waals surface area (Å²) >= 11 is 0. The molecule has 0 bridgehead atoms. The molecule has 0 radical (unpaired) electrons. The number of methoxy groups -OCH3 is 1. The first-order chi connectivity index (χ1) is 13.6. The Bertz CT molecular complexity index is 1190. The van der Waals surface area contributed by atoms with Crippen molar-refractivity contribution in [1.29, 1.82) is 0 Å². The van der Waals surface area contributed by atoms with Gasteiger partial charge in [0, 0.05) is 12.4 Å². The molecule has 8 heteroatoms. The van der Waals surface area contributed by atoms with E-state index in [1.54, 1.807) is 12.3 Å². The molecule has 0 unspecified atom stereocenters. The van der Waals surface area contributed by atoms with Crippen LogP contribution in [0.3, 0.4) is 0 Å². The van der Waals surface area contributed by atoms with E-state index in [1.165, 1.54) is 19.2 Å². The summed E-state index contributed by atoms with van der Waals surface area (Å²) in [6.45, 7) is 1.91. The number of anilines is 2. The largest absolute Gasteiger partial charge is 0.465 e. The average Bonchev–Trinajstić information content (AvgIpc) is 3.04. The molecule has 4 rings (SSSR count). The molecule has 1 N–H and O–H groups in total. The standard InChI is InChI=1S/C20H16FN5O2/c1-12-18(26-10-4-3-5-17(26)23-12)16-8-9-22-20(25-16)24-15-7-6-13(11-14(15)21)19(27)28-2/h3-11H,1-2H3,(H,22,24,25). The summed E-state index contributed by atoms with van der Waals surface area (Å²) in [6.07, 6.45) is 3.50. The summed E-state index contributed by atoms with van der Waals surface area (Å²) in [5.74, 6) is -0.984. The van der Waals surface area contributed by atoms with Crippen molar-refractivity contribution in [2.45, 2.75) is 6.92 Å². The number of aryl methyl sites for hydroxylation is 1. The third-order valence-electron chi connectivity index (χ3n) is 4.24. The van der Waals surface area contributed by atoms with Gasteiger partial charge in [-0.2, -0.15) is 0 Å². The number of esters is 1. The smallest absolute Gasteiger partial charge is 0.337 e. The summed E-state index contributed by atoms with van der Waals surface area (Å²) in [6, 6.07) is 11.5. The van der Waals surface area contributed by atoms with Gasteiger partial charge in [0.25, 0.3) is 0 Å². The van der Waals surface area contributed by atoms with E-state index in [0.29, 0.717) is 5.69 Å². The number of hydrogen-bond acceptors (Lipinski definition) is 6. The SMILES string of the molecule is COC(=O)c1ccc(Nc2nccc(-c3c(C)nc4ccccn34)n2)c(F)c1. The Morgan fingerprint density at radius 2 is 2.04 bits per heavy atom. The van der Waals surface area contributed by atoms with Gasteiger partial charge in [-0.15, -0.1) is 0 Å². The Hall–Kier alpha value is -3.81. The molecule has 0 saturated carbocycles. The van der Waals surface area contributed by atoms with Gasteiger partial charge < -0.3 is 10.1 Å². The summed E-state index contributed by atoms with van der Waals surface area (Å²) in [5.41, 5.74) is 3.40. The lowest BCUT2D eigenvalue weighted by molar-refractivity contribution is 0.0600. The van der Waals surface area contributed by atoms with Gasteiger partial charge >= 0.3 is 5.97 Å². The van der Waals surface area contributed by atoms with E-state index in [-0.39, 0.29) is 17.2 Å². The minimum absolute atomic E-state index is 0.126. The van der Waals surface area contributed by atoms with Crippen LogP contribution in [-0.2, 0) is 4.74 Å². The van der Waals surface area contributed by atoms with Crippen LogP contribution in [0, 0.1) is 12.7 Å². The van der Waals surface area contributed by atoms with E-state index in [0.717, 1.165) is 23.1 Å². The normalized spacial score (nSPS) is 10.8. The first-order valence-electron chi connectivity index (χ1n) is 8.49. The number of carbonyl (C=O) groups is 1. The molecule has 0 aliphatic carbocycles. The van der Waals surface area contributed by atoms with E-state index in [1.807, 2.05) is 35.7 Å². The molecule has 4 aromatic rings. The van der Waals surface area contributed by atoms with Crippen molar-refractivity contribution >= 4 is 23.3 Å². The number of nitrogens with zero attached hydrogens (tertiary/aromatic N) is 4. The first-order valence-corrected chi connectivity index (χ1v) is 8.49. The van der Waals surface area contributed by atoms with Gasteiger partial charge in [0.15, 0.2) is 0 Å². The second-order valence-corrected chi connectivity index (χ2v) is 6.05. The topological polar surface area (TPSA) is 81.4 Å². The minimum Gasteiger partial charge on any atom is -0.465 e. The number of aromatic nitrogens is 4. The Balaban J connectivity index is 1.68. The van der Waals surface area contributed by atoms with Crippen LogP contribution in [0.25, 0.3) is 17.0 Å². The molecule has 3 aromatic heterocycles. The van der Waals surface area contributed by atoms with E-state index >= 15 is 0 Å². The molecular formula is C20H16FN5O2. The van der Waals surface area contributed by atoms with Crippen molar-refractivity contribution in [2.75, 3.05) is 12.4 Å². The molecule has 3 heterocycles. The average molecular weight is 377 g/mol. The maximum absolute atomic E-state index is 14.3. The Kier molecular flexibility index (Phi) is 4.44. The molecule has 1 aromatic carbocycles. The predicted molar refractivity (Wildman–Crippen MR) is 102 cm³/mol. The maximum atomic E-state index is 14.3. The number of fused-ring (bicyclic) bond motifs is 1. The van der Waals surface area contributed by atoms with Gasteiger partial charge in [-0.25, -0.2) is 24.1 Å². The maximum Gasteiger partial charge on any atom is 0.337 e. The number of imidazole rings is 1. The fourth-order valence-electron chi connectivity index (χ4n) is 2.95. The summed E-state index contributed by atoms with van der Waals surface area (Å²) in [4.78, 5) is 24.7. The van der Waals surface area contributed by atoms with Crippen molar-refractivity contribution < 1.29 is 13.9 Å². The number of hydrogen-bond donors (Lipinski definition) is 1. The van der Waals surface area contributed by atoms with Gasteiger partial charge in [-0.05, 0) is 43.3 Å². The number of carbonyl (C=O) groups excluding carboxylic acids is 1. The summed E-state index contributed by atoms with van der Waals surface area (Å²) < 4.78 is 20.9. The molecule has 0 amide bonds. The zero-order valence-electron chi connectivity index (χ0n) is 15.2. The van der Waals surface area contributed by atoms with Crippen molar-refractivity contribution in [3.63, 3.8) is 0 Å². The third kappa shape index (κ3) is 3.16. The third-order valence-corrected chi connectivity index (χ3v) is 4.24. The van der Waals surface area contributed by atoms with Crippen LogP contribution in [0.1, 0.15) is 16.1 Å². The Morgan fingerprint density at radius 3 is 2.82 bits per heavy atom. The zero-order chi connectivity index (χ0) is 19.7. The van der Waals surface area contributed by atoms with E-state index in [2.05, 4.69) is 25.0 Å². The van der Waals surface area contributed by atoms with Crippen molar-refractivity contribution in [3.05, 3.63) is 71.9 Å². The van der Waals surface area contributed by atoms with Gasteiger partial charge in [-0.3, -0.25) is 4.40 Å².